The van der Waals surface area contributed by atoms with Crippen molar-refractivity contribution in [3.63, 3.8) is 0 Å². The Kier molecular flexibility index (Phi) is 9.23. The number of carbonyl (C=O) groups is 2. The Morgan fingerprint density at radius 2 is 1.75 bits per heavy atom. The van der Waals surface area contributed by atoms with Gasteiger partial charge in [-0.1, -0.05) is 55.1 Å². The summed E-state index contributed by atoms with van der Waals surface area (Å²) in [4.78, 5) is 35.7. The number of urea groups is 1. The van der Waals surface area contributed by atoms with E-state index in [0.29, 0.717) is 28.8 Å². The molecule has 2 aliphatic rings. The van der Waals surface area contributed by atoms with Crippen molar-refractivity contribution in [1.82, 2.24) is 20.1 Å². The zero-order chi connectivity index (χ0) is 34.1. The topological polar surface area (TPSA) is 102 Å². The van der Waals surface area contributed by atoms with Crippen molar-refractivity contribution in [3.8, 4) is 22.8 Å². The van der Waals surface area contributed by atoms with Crippen LogP contribution >= 0.6 is 11.8 Å². The van der Waals surface area contributed by atoms with E-state index in [9.17, 15) is 31.5 Å². The molecule has 48 heavy (non-hydrogen) atoms. The van der Waals surface area contributed by atoms with Gasteiger partial charge >= 0.3 is 18.3 Å². The lowest BCUT2D eigenvalue weighted by Crippen LogP contribution is -2.41. The summed E-state index contributed by atoms with van der Waals surface area (Å²) in [7, 11) is 0. The fraction of sp³-hybridized carbons (Fsp3) is 0.303. The standard InChI is InChI=1S/C33H29F5N6O3S/c1-20(17-39-30(46)41-31-44(28(45)18-48-31)27-8-4-6-22-5-2-3-7-26(22)27)21-9-11-23(12-10-21)29-40-19-43(42-29)24-13-15-25(16-14-24)47-33(37,38)32(34,35)36/h4,6,8-16,19-20H,2-3,5,7,17-18H2,1H3,(H,39,46). The molecule has 3 aromatic carbocycles. The molecule has 4 aromatic rings. The SMILES string of the molecule is CC(CNC(=O)N=C1SCC(=O)N1c1cccc2c1CCCC2)c1ccc(-c2ncn(-c3ccc(OC(F)(F)C(F)(F)F)cc3)n2)cc1. The molecule has 15 heteroatoms. The van der Waals surface area contributed by atoms with Crippen LogP contribution in [0.2, 0.25) is 0 Å². The van der Waals surface area contributed by atoms with Gasteiger partial charge in [-0.15, -0.1) is 5.10 Å². The number of rotatable bonds is 8. The van der Waals surface area contributed by atoms with Crippen LogP contribution in [0.3, 0.4) is 0 Å². The van der Waals surface area contributed by atoms with Gasteiger partial charge in [-0.05, 0) is 78.6 Å². The third-order valence-electron chi connectivity index (χ3n) is 8.04. The van der Waals surface area contributed by atoms with Crippen LogP contribution in [0.15, 0.2) is 78.0 Å². The van der Waals surface area contributed by atoms with Crippen LogP contribution in [-0.2, 0) is 17.6 Å². The van der Waals surface area contributed by atoms with Gasteiger partial charge in [0.1, 0.15) is 12.1 Å². The molecule has 1 aliphatic carbocycles. The Labute approximate surface area is 276 Å². The second kappa shape index (κ2) is 13.4. The van der Waals surface area contributed by atoms with Crippen LogP contribution in [0.1, 0.15) is 42.4 Å². The number of nitrogens with one attached hydrogen (secondary N) is 1. The highest BCUT2D eigenvalue weighted by atomic mass is 32.2. The molecule has 9 nitrogen and oxygen atoms in total. The van der Waals surface area contributed by atoms with Gasteiger partial charge < -0.3 is 10.1 Å². The van der Waals surface area contributed by atoms with Crippen LogP contribution in [0.5, 0.6) is 5.75 Å². The first-order chi connectivity index (χ1) is 22.9. The van der Waals surface area contributed by atoms with E-state index in [1.807, 2.05) is 43.3 Å². The van der Waals surface area contributed by atoms with Gasteiger partial charge in [0, 0.05) is 12.1 Å². The average molecular weight is 685 g/mol. The molecule has 1 atom stereocenters. The number of aromatic nitrogens is 3. The molecule has 250 valence electrons. The highest BCUT2D eigenvalue weighted by Gasteiger charge is 2.61. The van der Waals surface area contributed by atoms with Crippen LogP contribution in [0.4, 0.5) is 32.4 Å². The molecule has 0 spiro atoms. The number of alkyl halides is 5. The fourth-order valence-electron chi connectivity index (χ4n) is 5.49. The normalized spacial score (nSPS) is 16.6. The molecule has 1 unspecified atom stereocenters. The molecule has 6 rings (SSSR count). The van der Waals surface area contributed by atoms with Crippen molar-refractivity contribution < 1.29 is 36.3 Å². The number of halogens is 5. The summed E-state index contributed by atoms with van der Waals surface area (Å²) in [6, 6.07) is 17.3. The number of amidine groups is 1. The summed E-state index contributed by atoms with van der Waals surface area (Å²) in [6.07, 6.45) is -5.74. The van der Waals surface area contributed by atoms with Gasteiger partial charge in [0.25, 0.3) is 0 Å². The molecule has 1 saturated heterocycles. The van der Waals surface area contributed by atoms with Gasteiger partial charge in [-0.2, -0.15) is 26.9 Å². The highest BCUT2D eigenvalue weighted by molar-refractivity contribution is 8.15. The average Bonchev–Trinajstić information content (AvgIpc) is 3.70. The van der Waals surface area contributed by atoms with E-state index in [0.717, 1.165) is 54.6 Å². The number of fused-ring (bicyclic) bond motifs is 1. The minimum atomic E-state index is -5.84. The number of nitrogens with zero attached hydrogens (tertiary/aromatic N) is 5. The minimum Gasteiger partial charge on any atom is -0.426 e. The number of benzene rings is 3. The number of hydrogen-bond acceptors (Lipinski definition) is 6. The highest BCUT2D eigenvalue weighted by Crippen LogP contribution is 2.38. The molecule has 1 aliphatic heterocycles. The van der Waals surface area contributed by atoms with Crippen molar-refractivity contribution in [2.24, 2.45) is 4.99 Å². The quantitative estimate of drug-likeness (QED) is 0.196. The smallest absolute Gasteiger partial charge is 0.426 e. The molecule has 1 aromatic heterocycles. The summed E-state index contributed by atoms with van der Waals surface area (Å²) in [5.41, 5.74) is 5.16. The zero-order valence-electron chi connectivity index (χ0n) is 25.5. The summed E-state index contributed by atoms with van der Waals surface area (Å²) >= 11 is 1.25. The molecule has 1 fully saturated rings. The van der Waals surface area contributed by atoms with Crippen molar-refractivity contribution in [3.05, 3.63) is 89.7 Å². The number of amides is 3. The number of anilines is 1. The number of hydrogen-bond donors (Lipinski definition) is 1. The van der Waals surface area contributed by atoms with Gasteiger partial charge in [0.15, 0.2) is 11.0 Å². The maximum atomic E-state index is 13.2. The van der Waals surface area contributed by atoms with E-state index < -0.39 is 24.1 Å². The van der Waals surface area contributed by atoms with Gasteiger partial charge in [0.05, 0.1) is 17.1 Å². The van der Waals surface area contributed by atoms with E-state index >= 15 is 0 Å². The second-order valence-corrected chi connectivity index (χ2v) is 12.3. The zero-order valence-corrected chi connectivity index (χ0v) is 26.3. The van der Waals surface area contributed by atoms with E-state index in [-0.39, 0.29) is 17.6 Å². The van der Waals surface area contributed by atoms with Crippen LogP contribution in [-0.4, -0.2) is 56.5 Å². The van der Waals surface area contributed by atoms with Crippen LogP contribution in [0.25, 0.3) is 17.1 Å². The van der Waals surface area contributed by atoms with E-state index in [1.54, 1.807) is 4.90 Å². The fourth-order valence-corrected chi connectivity index (χ4v) is 6.35. The lowest BCUT2D eigenvalue weighted by molar-refractivity contribution is -0.360. The third kappa shape index (κ3) is 7.05. The lowest BCUT2D eigenvalue weighted by atomic mass is 9.90. The molecular formula is C33H29F5N6O3S. The van der Waals surface area contributed by atoms with E-state index in [1.165, 1.54) is 40.5 Å². The van der Waals surface area contributed by atoms with Crippen molar-refractivity contribution in [1.29, 1.82) is 0 Å². The predicted octanol–water partition coefficient (Wildman–Crippen LogP) is 7.30. The first-order valence-electron chi connectivity index (χ1n) is 15.1. The van der Waals surface area contributed by atoms with Gasteiger partial charge in [-0.3, -0.25) is 9.69 Å². The third-order valence-corrected chi connectivity index (χ3v) is 8.96. The Morgan fingerprint density at radius 3 is 2.48 bits per heavy atom. The maximum absolute atomic E-state index is 13.2. The summed E-state index contributed by atoms with van der Waals surface area (Å²) in [5.74, 6) is -0.253. The molecule has 0 radical (unpaired) electrons. The monoisotopic (exact) mass is 684 g/mol. The summed E-state index contributed by atoms with van der Waals surface area (Å²) in [5, 5.41) is 7.57. The molecular weight excluding hydrogens is 655 g/mol. The number of aliphatic imine (C=N–C) groups is 1. The van der Waals surface area contributed by atoms with Crippen molar-refractivity contribution >= 4 is 34.6 Å². The molecule has 2 heterocycles. The van der Waals surface area contributed by atoms with Crippen LogP contribution < -0.4 is 15.0 Å². The van der Waals surface area contributed by atoms with E-state index in [2.05, 4.69) is 31.2 Å². The minimum absolute atomic E-state index is 0.0747. The molecule has 1 N–H and O–H groups in total. The summed E-state index contributed by atoms with van der Waals surface area (Å²) < 4.78 is 68.8. The Balaban J connectivity index is 1.06. The van der Waals surface area contributed by atoms with Gasteiger partial charge in [-0.25, -0.2) is 14.5 Å². The predicted molar refractivity (Wildman–Crippen MR) is 171 cm³/mol. The van der Waals surface area contributed by atoms with Crippen molar-refractivity contribution in [2.75, 3.05) is 17.2 Å². The van der Waals surface area contributed by atoms with Gasteiger partial charge in [0.2, 0.25) is 5.91 Å². The Hall–Kier alpha value is -4.79. The number of carbonyl (C=O) groups excluding carboxylic acids is 2. The summed E-state index contributed by atoms with van der Waals surface area (Å²) in [6.45, 7) is 2.25. The molecule has 3 amide bonds. The number of ether oxygens (including phenoxy) is 1. The Morgan fingerprint density at radius 1 is 1.02 bits per heavy atom. The number of aryl methyl sites for hydroxylation is 1. The molecule has 0 saturated carbocycles. The van der Waals surface area contributed by atoms with Crippen molar-refractivity contribution in [2.45, 2.75) is 50.8 Å². The first-order valence-corrected chi connectivity index (χ1v) is 16.1. The lowest BCUT2D eigenvalue weighted by Gasteiger charge is -2.24. The Bertz CT molecular complexity index is 1840. The van der Waals surface area contributed by atoms with Crippen LogP contribution in [0, 0.1) is 0 Å². The van der Waals surface area contributed by atoms with E-state index in [4.69, 9.17) is 0 Å². The second-order valence-electron chi connectivity index (χ2n) is 11.4. The first kappa shape index (κ1) is 33.1. The largest absolute Gasteiger partial charge is 0.499 e. The number of thioether (sulfide) groups is 1. The maximum Gasteiger partial charge on any atom is 0.499 e. The molecule has 0 bridgehead atoms.